The topological polar surface area (TPSA) is 157 Å². The third-order valence-corrected chi connectivity index (χ3v) is 6.96. The Morgan fingerprint density at radius 1 is 0.630 bits per heavy atom. The van der Waals surface area contributed by atoms with Gasteiger partial charge in [0.15, 0.2) is 0 Å². The molecule has 0 saturated carbocycles. The molecule has 1 N–H and O–H groups in total. The highest BCUT2D eigenvalue weighted by Gasteiger charge is 2.39. The predicted octanol–water partition coefficient (Wildman–Crippen LogP) is 1.27. The summed E-state index contributed by atoms with van der Waals surface area (Å²) in [7, 11) is 0. The number of likely N-dealkylation sites (tertiary alicyclic amines) is 1. The van der Waals surface area contributed by atoms with Crippen LogP contribution in [-0.2, 0) is 57.1 Å². The molecule has 3 amide bonds. The van der Waals surface area contributed by atoms with Gasteiger partial charge in [-0.15, -0.1) is 0 Å². The van der Waals surface area contributed by atoms with Crippen LogP contribution < -0.4 is 5.32 Å². The number of nitrogens with one attached hydrogen (secondary N) is 1. The zero-order valence-corrected chi connectivity index (χ0v) is 28.4. The Bertz CT molecular complexity index is 827. The number of hydrogen-bond acceptors (Lipinski definition) is 12. The van der Waals surface area contributed by atoms with Crippen LogP contribution >= 0.6 is 0 Å². The number of carbonyl (C=O) groups excluding carboxylic acids is 4. The number of carbonyl (C=O) groups is 4. The van der Waals surface area contributed by atoms with Crippen LogP contribution in [0.3, 0.4) is 0 Å². The Balaban J connectivity index is 1.73. The summed E-state index contributed by atoms with van der Waals surface area (Å²) in [6.45, 7) is 15.3. The van der Waals surface area contributed by atoms with Gasteiger partial charge >= 0.3 is 0 Å². The number of ether oxygens (including phenoxy) is 8. The van der Waals surface area contributed by atoms with E-state index in [0.717, 1.165) is 0 Å². The number of nitrogens with zero attached hydrogens (tertiary/aromatic N) is 1. The predicted molar refractivity (Wildman–Crippen MR) is 168 cm³/mol. The van der Waals surface area contributed by atoms with Gasteiger partial charge in [0.25, 0.3) is 0 Å². The summed E-state index contributed by atoms with van der Waals surface area (Å²) in [5.41, 5.74) is 0. The van der Waals surface area contributed by atoms with E-state index in [0.29, 0.717) is 119 Å². The molecule has 0 spiro atoms. The summed E-state index contributed by atoms with van der Waals surface area (Å²) < 4.78 is 43.5. The third kappa shape index (κ3) is 21.7. The summed E-state index contributed by atoms with van der Waals surface area (Å²) in [5, 5.41) is 2.73. The molecule has 0 radical (unpaired) electrons. The van der Waals surface area contributed by atoms with Crippen molar-refractivity contribution in [2.45, 2.75) is 47.0 Å². The van der Waals surface area contributed by atoms with Gasteiger partial charge in [-0.3, -0.25) is 24.1 Å². The van der Waals surface area contributed by atoms with Crippen LogP contribution in [0.15, 0.2) is 0 Å². The molecule has 268 valence electrons. The Morgan fingerprint density at radius 3 is 1.39 bits per heavy atom. The molecule has 0 aromatic carbocycles. The largest absolute Gasteiger partial charge is 0.379 e. The molecular formula is C32H58N2O12. The van der Waals surface area contributed by atoms with Crippen molar-refractivity contribution in [3.05, 3.63) is 0 Å². The van der Waals surface area contributed by atoms with Crippen molar-refractivity contribution in [3.8, 4) is 0 Å². The highest BCUT2D eigenvalue weighted by molar-refractivity contribution is 6.03. The smallest absolute Gasteiger partial charge is 0.233 e. The van der Waals surface area contributed by atoms with E-state index in [1.807, 2.05) is 27.7 Å². The first-order chi connectivity index (χ1) is 22.2. The van der Waals surface area contributed by atoms with Crippen molar-refractivity contribution < 1.29 is 57.1 Å². The molecule has 0 bridgehead atoms. The van der Waals surface area contributed by atoms with Crippen LogP contribution in [-0.4, -0.2) is 147 Å². The van der Waals surface area contributed by atoms with Crippen LogP contribution in [0.5, 0.6) is 0 Å². The van der Waals surface area contributed by atoms with E-state index in [1.165, 1.54) is 4.90 Å². The molecule has 14 heteroatoms. The second-order valence-corrected chi connectivity index (χ2v) is 11.3. The van der Waals surface area contributed by atoms with Gasteiger partial charge in [0.2, 0.25) is 17.7 Å². The lowest BCUT2D eigenvalue weighted by Crippen LogP contribution is -2.36. The maximum Gasteiger partial charge on any atom is 0.233 e. The van der Waals surface area contributed by atoms with E-state index >= 15 is 0 Å². The minimum atomic E-state index is -0.281. The van der Waals surface area contributed by atoms with Crippen molar-refractivity contribution in [2.24, 2.45) is 17.8 Å². The number of Topliss-reactive ketones (excluding diaryl/α,β-unsaturated/α-hetero) is 1. The van der Waals surface area contributed by atoms with E-state index in [4.69, 9.17) is 37.9 Å². The first kappa shape index (κ1) is 42.0. The fourth-order valence-corrected chi connectivity index (χ4v) is 4.13. The van der Waals surface area contributed by atoms with Gasteiger partial charge in [-0.25, -0.2) is 0 Å². The molecule has 14 nitrogen and oxygen atoms in total. The first-order valence-corrected chi connectivity index (χ1v) is 16.5. The SMILES string of the molecule is CC(C)C(=O)CCOCCOCCOCCOCCOCCOCCOCCOCCNC(=O)CCN1C(=O)CC(C(C)C)C1=O. The molecule has 1 aliphatic rings. The second-order valence-electron chi connectivity index (χ2n) is 11.3. The Kier molecular flexibility index (Phi) is 25.6. The highest BCUT2D eigenvalue weighted by atomic mass is 16.6. The zero-order valence-electron chi connectivity index (χ0n) is 28.4. The molecule has 1 atom stereocenters. The number of ketones is 1. The summed E-state index contributed by atoms with van der Waals surface area (Å²) in [6.07, 6.45) is 0.756. The number of amides is 3. The Hall–Kier alpha value is -2.04. The minimum Gasteiger partial charge on any atom is -0.379 e. The van der Waals surface area contributed by atoms with Crippen molar-refractivity contribution in [3.63, 3.8) is 0 Å². The van der Waals surface area contributed by atoms with Gasteiger partial charge in [-0.1, -0.05) is 27.7 Å². The average Bonchev–Trinajstić information content (AvgIpc) is 3.31. The van der Waals surface area contributed by atoms with Crippen LogP contribution in [0.4, 0.5) is 0 Å². The van der Waals surface area contributed by atoms with Gasteiger partial charge in [0.05, 0.1) is 106 Å². The van der Waals surface area contributed by atoms with E-state index in [2.05, 4.69) is 5.32 Å². The van der Waals surface area contributed by atoms with Crippen molar-refractivity contribution >= 4 is 23.5 Å². The second kappa shape index (κ2) is 28.0. The quantitative estimate of drug-likeness (QED) is 0.0814. The van der Waals surface area contributed by atoms with Crippen molar-refractivity contribution in [1.29, 1.82) is 0 Å². The lowest BCUT2D eigenvalue weighted by molar-refractivity contribution is -0.140. The molecule has 1 unspecified atom stereocenters. The van der Waals surface area contributed by atoms with Gasteiger partial charge in [-0.2, -0.15) is 0 Å². The van der Waals surface area contributed by atoms with E-state index in [-0.39, 0.29) is 60.6 Å². The fourth-order valence-electron chi connectivity index (χ4n) is 4.13. The average molecular weight is 663 g/mol. The van der Waals surface area contributed by atoms with Gasteiger partial charge in [0, 0.05) is 44.2 Å². The normalized spacial score (nSPS) is 15.1. The highest BCUT2D eigenvalue weighted by Crippen LogP contribution is 2.26. The standard InChI is InChI=1S/C32H58N2O12/c1-26(2)28-25-31(37)34(32(28)38)8-5-30(36)33-7-10-40-12-14-42-16-18-44-20-22-46-24-23-45-21-19-43-17-15-41-13-11-39-9-6-29(35)27(3)4/h26-28H,5-25H2,1-4H3,(H,33,36). The number of imide groups is 1. The van der Waals surface area contributed by atoms with Gasteiger partial charge < -0.3 is 43.2 Å². The van der Waals surface area contributed by atoms with Gasteiger partial charge in [-0.05, 0) is 5.92 Å². The lowest BCUT2D eigenvalue weighted by atomic mass is 9.94. The molecule has 1 heterocycles. The maximum absolute atomic E-state index is 12.3. The Labute approximate surface area is 274 Å². The molecule has 46 heavy (non-hydrogen) atoms. The van der Waals surface area contributed by atoms with Crippen LogP contribution in [0.1, 0.15) is 47.0 Å². The summed E-state index contributed by atoms with van der Waals surface area (Å²) >= 11 is 0. The van der Waals surface area contributed by atoms with E-state index in [9.17, 15) is 19.2 Å². The lowest BCUT2D eigenvalue weighted by Gasteiger charge is -2.16. The molecule has 1 saturated heterocycles. The van der Waals surface area contributed by atoms with Crippen molar-refractivity contribution in [1.82, 2.24) is 10.2 Å². The van der Waals surface area contributed by atoms with Crippen molar-refractivity contribution in [2.75, 3.05) is 119 Å². The van der Waals surface area contributed by atoms with E-state index in [1.54, 1.807) is 0 Å². The number of rotatable bonds is 32. The summed E-state index contributed by atoms with van der Waals surface area (Å²) in [5.74, 6) is -0.522. The fraction of sp³-hybridized carbons (Fsp3) is 0.875. The third-order valence-electron chi connectivity index (χ3n) is 6.96. The number of hydrogen-bond donors (Lipinski definition) is 1. The van der Waals surface area contributed by atoms with Crippen LogP contribution in [0.25, 0.3) is 0 Å². The maximum atomic E-state index is 12.3. The molecule has 1 fully saturated rings. The van der Waals surface area contributed by atoms with Crippen LogP contribution in [0, 0.1) is 17.8 Å². The minimum absolute atomic E-state index is 0.0509. The Morgan fingerprint density at radius 2 is 1.02 bits per heavy atom. The zero-order chi connectivity index (χ0) is 33.8. The molecule has 0 aromatic heterocycles. The summed E-state index contributed by atoms with van der Waals surface area (Å²) in [6, 6.07) is 0. The van der Waals surface area contributed by atoms with Crippen LogP contribution in [0.2, 0.25) is 0 Å². The molecule has 1 rings (SSSR count). The molecular weight excluding hydrogens is 604 g/mol. The van der Waals surface area contributed by atoms with E-state index < -0.39 is 0 Å². The molecule has 0 aromatic rings. The molecule has 1 aliphatic heterocycles. The molecule has 0 aliphatic carbocycles. The monoisotopic (exact) mass is 662 g/mol. The summed E-state index contributed by atoms with van der Waals surface area (Å²) in [4.78, 5) is 49.0. The van der Waals surface area contributed by atoms with Gasteiger partial charge in [0.1, 0.15) is 5.78 Å². The first-order valence-electron chi connectivity index (χ1n) is 16.5.